The standard InChI is InChI=1S/C18H23FN2O/c1-4-22-18-11-14(9-10-17(18)21(2)3)12-20-13-15-7-5-6-8-16(15)19/h5-11,20H,4,12-13H2,1-3H3. The van der Waals surface area contributed by atoms with Crippen LogP contribution in [-0.2, 0) is 13.1 Å². The number of hydrogen-bond donors (Lipinski definition) is 1. The molecule has 2 aromatic carbocycles. The number of nitrogens with zero attached hydrogens (tertiary/aromatic N) is 1. The molecule has 0 amide bonds. The SMILES string of the molecule is CCOc1cc(CNCc2ccccc2F)ccc1N(C)C. The van der Waals surface area contributed by atoms with Gasteiger partial charge in [-0.1, -0.05) is 24.3 Å². The topological polar surface area (TPSA) is 24.5 Å². The fourth-order valence-corrected chi connectivity index (χ4v) is 2.29. The van der Waals surface area contributed by atoms with E-state index in [0.29, 0.717) is 25.3 Å². The van der Waals surface area contributed by atoms with Gasteiger partial charge >= 0.3 is 0 Å². The van der Waals surface area contributed by atoms with Gasteiger partial charge in [0.05, 0.1) is 12.3 Å². The number of anilines is 1. The molecule has 0 radical (unpaired) electrons. The smallest absolute Gasteiger partial charge is 0.142 e. The van der Waals surface area contributed by atoms with Crippen LogP contribution in [0.1, 0.15) is 18.1 Å². The van der Waals surface area contributed by atoms with E-state index in [-0.39, 0.29) is 5.82 Å². The summed E-state index contributed by atoms with van der Waals surface area (Å²) in [4.78, 5) is 2.03. The quantitative estimate of drug-likeness (QED) is 0.846. The number of ether oxygens (including phenoxy) is 1. The van der Waals surface area contributed by atoms with Crippen LogP contribution in [0.25, 0.3) is 0 Å². The van der Waals surface area contributed by atoms with Crippen LogP contribution in [0, 0.1) is 5.82 Å². The summed E-state index contributed by atoms with van der Waals surface area (Å²) in [5.74, 6) is 0.700. The Balaban J connectivity index is 2.01. The van der Waals surface area contributed by atoms with Crippen molar-refractivity contribution in [2.75, 3.05) is 25.6 Å². The second-order valence-electron chi connectivity index (χ2n) is 5.32. The molecule has 0 saturated heterocycles. The molecule has 0 spiro atoms. The summed E-state index contributed by atoms with van der Waals surface area (Å²) in [6, 6.07) is 13.0. The maximum absolute atomic E-state index is 13.6. The van der Waals surface area contributed by atoms with E-state index in [4.69, 9.17) is 4.74 Å². The molecule has 0 aliphatic carbocycles. The minimum atomic E-state index is -0.173. The summed E-state index contributed by atoms with van der Waals surface area (Å²) in [6.07, 6.45) is 0. The molecule has 0 aromatic heterocycles. The second-order valence-corrected chi connectivity index (χ2v) is 5.32. The summed E-state index contributed by atoms with van der Waals surface area (Å²) >= 11 is 0. The molecule has 4 heteroatoms. The minimum absolute atomic E-state index is 0.173. The Kier molecular flexibility index (Phi) is 5.78. The Hall–Kier alpha value is -2.07. The van der Waals surface area contributed by atoms with E-state index in [9.17, 15) is 4.39 Å². The molecule has 118 valence electrons. The predicted molar refractivity (Wildman–Crippen MR) is 88.9 cm³/mol. The van der Waals surface area contributed by atoms with E-state index in [0.717, 1.165) is 17.0 Å². The molecule has 0 aliphatic heterocycles. The first kappa shape index (κ1) is 16.3. The fraction of sp³-hybridized carbons (Fsp3) is 0.333. The second kappa shape index (κ2) is 7.80. The third kappa shape index (κ3) is 4.21. The van der Waals surface area contributed by atoms with Crippen LogP contribution >= 0.6 is 0 Å². The van der Waals surface area contributed by atoms with Gasteiger partial charge in [0, 0.05) is 32.7 Å². The van der Waals surface area contributed by atoms with E-state index >= 15 is 0 Å². The van der Waals surface area contributed by atoms with Crippen LogP contribution in [-0.4, -0.2) is 20.7 Å². The largest absolute Gasteiger partial charge is 0.492 e. The van der Waals surface area contributed by atoms with Gasteiger partial charge in [-0.25, -0.2) is 4.39 Å². The molecule has 1 N–H and O–H groups in total. The zero-order chi connectivity index (χ0) is 15.9. The van der Waals surface area contributed by atoms with Crippen LogP contribution in [0.3, 0.4) is 0 Å². The highest BCUT2D eigenvalue weighted by molar-refractivity contribution is 5.58. The van der Waals surface area contributed by atoms with Gasteiger partial charge in [0.2, 0.25) is 0 Å². The highest BCUT2D eigenvalue weighted by Crippen LogP contribution is 2.28. The molecule has 0 unspecified atom stereocenters. The molecular weight excluding hydrogens is 279 g/mol. The number of hydrogen-bond acceptors (Lipinski definition) is 3. The molecule has 0 heterocycles. The van der Waals surface area contributed by atoms with Crippen molar-refractivity contribution in [1.29, 1.82) is 0 Å². The van der Waals surface area contributed by atoms with Gasteiger partial charge in [-0.05, 0) is 30.7 Å². The first-order valence-electron chi connectivity index (χ1n) is 7.49. The maximum Gasteiger partial charge on any atom is 0.142 e. The number of benzene rings is 2. The Morgan fingerprint density at radius 3 is 2.55 bits per heavy atom. The molecule has 2 aromatic rings. The van der Waals surface area contributed by atoms with Crippen molar-refractivity contribution in [3.8, 4) is 5.75 Å². The van der Waals surface area contributed by atoms with Crippen molar-refractivity contribution in [1.82, 2.24) is 5.32 Å². The molecule has 0 saturated carbocycles. The summed E-state index contributed by atoms with van der Waals surface area (Å²) in [5, 5.41) is 3.27. The lowest BCUT2D eigenvalue weighted by molar-refractivity contribution is 0.340. The lowest BCUT2D eigenvalue weighted by Crippen LogP contribution is -2.15. The molecule has 0 bridgehead atoms. The van der Waals surface area contributed by atoms with Crippen molar-refractivity contribution < 1.29 is 9.13 Å². The zero-order valence-corrected chi connectivity index (χ0v) is 13.4. The summed E-state index contributed by atoms with van der Waals surface area (Å²) < 4.78 is 19.2. The zero-order valence-electron chi connectivity index (χ0n) is 13.4. The molecule has 0 aliphatic rings. The first-order valence-corrected chi connectivity index (χ1v) is 7.49. The maximum atomic E-state index is 13.6. The van der Waals surface area contributed by atoms with E-state index in [1.165, 1.54) is 6.07 Å². The van der Waals surface area contributed by atoms with Gasteiger partial charge in [0.1, 0.15) is 11.6 Å². The summed E-state index contributed by atoms with van der Waals surface area (Å²) in [7, 11) is 3.99. The van der Waals surface area contributed by atoms with Crippen LogP contribution in [0.4, 0.5) is 10.1 Å². The van der Waals surface area contributed by atoms with Crippen molar-refractivity contribution in [3.05, 3.63) is 59.4 Å². The van der Waals surface area contributed by atoms with Gasteiger partial charge in [-0.3, -0.25) is 0 Å². The van der Waals surface area contributed by atoms with Crippen LogP contribution in [0.2, 0.25) is 0 Å². The molecule has 3 nitrogen and oxygen atoms in total. The minimum Gasteiger partial charge on any atom is -0.492 e. The Morgan fingerprint density at radius 1 is 1.09 bits per heavy atom. The third-order valence-electron chi connectivity index (χ3n) is 3.41. The third-order valence-corrected chi connectivity index (χ3v) is 3.41. The van der Waals surface area contributed by atoms with Crippen molar-refractivity contribution >= 4 is 5.69 Å². The fourth-order valence-electron chi connectivity index (χ4n) is 2.29. The van der Waals surface area contributed by atoms with E-state index in [1.54, 1.807) is 12.1 Å². The average Bonchev–Trinajstić information content (AvgIpc) is 2.49. The molecular formula is C18H23FN2O. The van der Waals surface area contributed by atoms with Crippen molar-refractivity contribution in [3.63, 3.8) is 0 Å². The lowest BCUT2D eigenvalue weighted by atomic mass is 10.1. The highest BCUT2D eigenvalue weighted by Gasteiger charge is 2.07. The first-order chi connectivity index (χ1) is 10.6. The summed E-state index contributed by atoms with van der Waals surface area (Å²) in [6.45, 7) is 3.78. The average molecular weight is 302 g/mol. The Bertz CT molecular complexity index is 614. The Morgan fingerprint density at radius 2 is 1.86 bits per heavy atom. The monoisotopic (exact) mass is 302 g/mol. The summed E-state index contributed by atoms with van der Waals surface area (Å²) in [5.41, 5.74) is 2.85. The molecule has 2 rings (SSSR count). The van der Waals surface area contributed by atoms with E-state index in [2.05, 4.69) is 11.4 Å². The lowest BCUT2D eigenvalue weighted by Gasteiger charge is -2.18. The van der Waals surface area contributed by atoms with Crippen molar-refractivity contribution in [2.45, 2.75) is 20.0 Å². The predicted octanol–water partition coefficient (Wildman–Crippen LogP) is 3.58. The molecule has 0 atom stereocenters. The molecule has 0 fully saturated rings. The van der Waals surface area contributed by atoms with Gasteiger partial charge in [-0.2, -0.15) is 0 Å². The number of rotatable bonds is 7. The Labute approximate surface area is 131 Å². The van der Waals surface area contributed by atoms with Crippen LogP contribution in [0.15, 0.2) is 42.5 Å². The van der Waals surface area contributed by atoms with E-state index < -0.39 is 0 Å². The van der Waals surface area contributed by atoms with Gasteiger partial charge < -0.3 is 15.0 Å². The van der Waals surface area contributed by atoms with Crippen LogP contribution < -0.4 is 15.0 Å². The van der Waals surface area contributed by atoms with Gasteiger partial charge in [0.15, 0.2) is 0 Å². The van der Waals surface area contributed by atoms with Crippen molar-refractivity contribution in [2.24, 2.45) is 0 Å². The van der Waals surface area contributed by atoms with Gasteiger partial charge in [-0.15, -0.1) is 0 Å². The van der Waals surface area contributed by atoms with E-state index in [1.807, 2.05) is 44.1 Å². The van der Waals surface area contributed by atoms with Gasteiger partial charge in [0.25, 0.3) is 0 Å². The highest BCUT2D eigenvalue weighted by atomic mass is 19.1. The molecule has 22 heavy (non-hydrogen) atoms. The normalized spacial score (nSPS) is 10.5. The number of nitrogens with one attached hydrogen (secondary N) is 1. The van der Waals surface area contributed by atoms with Crippen LogP contribution in [0.5, 0.6) is 5.75 Å². The number of halogens is 1.